The normalized spacial score (nSPS) is 17.2. The molecular formula is C30H30O5Si. The minimum atomic E-state index is -1.71. The Morgan fingerprint density at radius 2 is 1.58 bits per heavy atom. The molecule has 6 heteroatoms. The number of ether oxygens (including phenoxy) is 2. The topological polar surface area (TPSA) is 61.8 Å². The first-order chi connectivity index (χ1) is 17.2. The first-order valence-electron chi connectivity index (χ1n) is 12.3. The van der Waals surface area contributed by atoms with Gasteiger partial charge in [-0.2, -0.15) is 0 Å². The van der Waals surface area contributed by atoms with E-state index in [0.717, 1.165) is 19.3 Å². The van der Waals surface area contributed by atoms with Gasteiger partial charge in [0.15, 0.2) is 0 Å². The van der Waals surface area contributed by atoms with Crippen LogP contribution in [0.5, 0.6) is 5.75 Å². The Bertz CT molecular complexity index is 1480. The van der Waals surface area contributed by atoms with E-state index in [9.17, 15) is 9.59 Å². The van der Waals surface area contributed by atoms with E-state index < -0.39 is 20.3 Å². The number of cyclic esters (lactones) is 2. The van der Waals surface area contributed by atoms with Gasteiger partial charge >= 0.3 is 11.9 Å². The molecule has 36 heavy (non-hydrogen) atoms. The average molecular weight is 499 g/mol. The highest BCUT2D eigenvalue weighted by Gasteiger charge is 2.30. The molecule has 0 saturated carbocycles. The highest BCUT2D eigenvalue weighted by Crippen LogP contribution is 2.27. The molecule has 2 aliphatic carbocycles. The van der Waals surface area contributed by atoms with Crippen LogP contribution in [0, 0.1) is 0 Å². The van der Waals surface area contributed by atoms with Gasteiger partial charge in [0, 0.05) is 7.11 Å². The molecule has 3 aromatic carbocycles. The minimum Gasteiger partial charge on any atom is -0.544 e. The van der Waals surface area contributed by atoms with Crippen molar-refractivity contribution in [3.8, 4) is 16.9 Å². The minimum absolute atomic E-state index is 0.263. The number of carbonyl (C=O) groups is 2. The lowest BCUT2D eigenvalue weighted by molar-refractivity contribution is 0.0443. The van der Waals surface area contributed by atoms with Gasteiger partial charge in [0.2, 0.25) is 8.32 Å². The second kappa shape index (κ2) is 9.52. The zero-order valence-corrected chi connectivity index (χ0v) is 22.1. The number of rotatable bonds is 3. The molecule has 5 nitrogen and oxygen atoms in total. The summed E-state index contributed by atoms with van der Waals surface area (Å²) in [4.78, 5) is 22.5. The molecule has 0 bridgehead atoms. The second-order valence-electron chi connectivity index (χ2n) is 10.2. The number of hydrogen-bond acceptors (Lipinski definition) is 5. The van der Waals surface area contributed by atoms with Crippen molar-refractivity contribution in [2.45, 2.75) is 45.0 Å². The Morgan fingerprint density at radius 3 is 2.36 bits per heavy atom. The predicted octanol–water partition coefficient (Wildman–Crippen LogP) is 4.64. The van der Waals surface area contributed by atoms with Crippen LogP contribution in [0.1, 0.15) is 38.3 Å². The van der Waals surface area contributed by atoms with E-state index in [4.69, 9.17) is 9.16 Å². The van der Waals surface area contributed by atoms with E-state index in [1.807, 2.05) is 19.6 Å². The number of fused-ring (bicyclic) bond motifs is 6. The van der Waals surface area contributed by atoms with E-state index in [2.05, 4.69) is 53.3 Å². The van der Waals surface area contributed by atoms with Crippen LogP contribution < -0.4 is 14.9 Å². The smallest absolute Gasteiger partial charge is 0.347 e. The first kappa shape index (κ1) is 24.2. The third-order valence-corrected chi connectivity index (χ3v) is 7.45. The molecule has 1 aliphatic heterocycles. The van der Waals surface area contributed by atoms with Gasteiger partial charge in [-0.3, -0.25) is 0 Å². The number of carbonyl (C=O) groups excluding carboxylic acids is 2. The second-order valence-corrected chi connectivity index (χ2v) is 14.7. The zero-order chi connectivity index (χ0) is 25.4. The van der Waals surface area contributed by atoms with Crippen LogP contribution in [-0.4, -0.2) is 33.5 Å². The van der Waals surface area contributed by atoms with Crippen LogP contribution >= 0.6 is 0 Å². The fraction of sp³-hybridized carbons (Fsp3) is 0.267. The number of benzene rings is 3. The summed E-state index contributed by atoms with van der Waals surface area (Å²) in [5.74, 6) is -0.565. The molecule has 0 saturated heterocycles. The van der Waals surface area contributed by atoms with Crippen molar-refractivity contribution in [2.24, 2.45) is 0 Å². The lowest BCUT2D eigenvalue weighted by atomic mass is 9.86. The fourth-order valence-corrected chi connectivity index (χ4v) is 5.79. The first-order valence-corrected chi connectivity index (χ1v) is 15.7. The third kappa shape index (κ3) is 4.79. The lowest BCUT2D eigenvalue weighted by Gasteiger charge is -2.21. The number of hydrogen-bond donors (Lipinski definition) is 0. The van der Waals surface area contributed by atoms with Gasteiger partial charge in [-0.05, 0) is 95.9 Å². The van der Waals surface area contributed by atoms with Gasteiger partial charge < -0.3 is 13.9 Å². The number of esters is 2. The Morgan fingerprint density at radius 1 is 0.833 bits per heavy atom. The van der Waals surface area contributed by atoms with Crippen LogP contribution in [0.3, 0.4) is 0 Å². The molecule has 1 unspecified atom stereocenters. The maximum absolute atomic E-state index is 11.3. The summed E-state index contributed by atoms with van der Waals surface area (Å²) >= 11 is 0. The van der Waals surface area contributed by atoms with E-state index in [-0.39, 0.29) is 6.10 Å². The zero-order valence-electron chi connectivity index (χ0n) is 21.1. The summed E-state index contributed by atoms with van der Waals surface area (Å²) < 4.78 is 15.8. The van der Waals surface area contributed by atoms with E-state index >= 15 is 0 Å². The van der Waals surface area contributed by atoms with Crippen LogP contribution in [0.4, 0.5) is 0 Å². The summed E-state index contributed by atoms with van der Waals surface area (Å²) in [7, 11) is 0.0994. The molecule has 0 N–H and O–H groups in total. The molecule has 0 spiro atoms. The van der Waals surface area contributed by atoms with Gasteiger partial charge in [0.25, 0.3) is 0 Å². The van der Waals surface area contributed by atoms with Gasteiger partial charge in [-0.1, -0.05) is 42.5 Å². The molecular weight excluding hydrogens is 468 g/mol. The molecule has 3 aromatic rings. The van der Waals surface area contributed by atoms with Crippen molar-refractivity contribution in [1.82, 2.24) is 0 Å². The predicted molar refractivity (Wildman–Crippen MR) is 143 cm³/mol. The Hall–Kier alpha value is -3.48. The van der Waals surface area contributed by atoms with E-state index in [0.29, 0.717) is 16.9 Å². The molecule has 184 valence electrons. The molecule has 0 amide bonds. The Kier molecular flexibility index (Phi) is 6.41. The highest BCUT2D eigenvalue weighted by atomic mass is 28.4. The van der Waals surface area contributed by atoms with Crippen molar-refractivity contribution < 1.29 is 23.5 Å². The number of aryl methyl sites for hydroxylation is 1. The van der Waals surface area contributed by atoms with Crippen molar-refractivity contribution in [2.75, 3.05) is 7.11 Å². The monoisotopic (exact) mass is 498 g/mol. The van der Waals surface area contributed by atoms with Crippen LogP contribution in [0.15, 0.2) is 54.6 Å². The maximum atomic E-state index is 11.3. The quantitative estimate of drug-likeness (QED) is 0.299. The summed E-state index contributed by atoms with van der Waals surface area (Å²) in [5.41, 5.74) is 6.26. The summed E-state index contributed by atoms with van der Waals surface area (Å²) in [6, 6.07) is 18.2. The molecule has 0 radical (unpaired) electrons. The van der Waals surface area contributed by atoms with Crippen LogP contribution in [0.2, 0.25) is 19.6 Å². The molecule has 1 heterocycles. The third-order valence-electron chi connectivity index (χ3n) is 6.60. The fourth-order valence-electron chi connectivity index (χ4n) is 4.96. The van der Waals surface area contributed by atoms with E-state index in [1.165, 1.54) is 32.7 Å². The van der Waals surface area contributed by atoms with Crippen LogP contribution in [-0.2, 0) is 22.3 Å². The van der Waals surface area contributed by atoms with Crippen molar-refractivity contribution in [1.29, 1.82) is 0 Å². The molecule has 0 fully saturated rings. The standard InChI is InChI=1S/C19H18O.C11H12O4Si/c1-20-15-9-6-14-8-10-17-16-5-3-2-4-13(16)7-11-18(17)19(14)12-15;1-16(2,3)15-7-4-5-8-9(6-7)11(13)14-10(8)12/h2-5,8,10-12,15H,6-7,9H2,1H3;4-6H,1-3H3. The molecule has 0 aromatic heterocycles. The largest absolute Gasteiger partial charge is 0.544 e. The number of methoxy groups -OCH3 is 1. The maximum Gasteiger partial charge on any atom is 0.347 e. The Balaban J connectivity index is 0.000000152. The summed E-state index contributed by atoms with van der Waals surface area (Å²) in [6.45, 7) is 6.14. The van der Waals surface area contributed by atoms with E-state index in [1.54, 1.807) is 25.3 Å². The average Bonchev–Trinajstić information content (AvgIpc) is 3.15. The van der Waals surface area contributed by atoms with Gasteiger partial charge in [0.1, 0.15) is 5.75 Å². The summed E-state index contributed by atoms with van der Waals surface area (Å²) in [6.07, 6.45) is 8.20. The molecule has 3 aliphatic rings. The highest BCUT2D eigenvalue weighted by molar-refractivity contribution is 6.70. The van der Waals surface area contributed by atoms with Gasteiger partial charge in [-0.15, -0.1) is 0 Å². The van der Waals surface area contributed by atoms with Crippen molar-refractivity contribution in [3.63, 3.8) is 0 Å². The van der Waals surface area contributed by atoms with Gasteiger partial charge in [0.05, 0.1) is 17.2 Å². The van der Waals surface area contributed by atoms with Crippen LogP contribution in [0.25, 0.3) is 23.3 Å². The van der Waals surface area contributed by atoms with Gasteiger partial charge in [-0.25, -0.2) is 9.59 Å². The molecule has 1 atom stereocenters. The SMILES string of the molecule is COC1C=c2c(ccc3c2=CCc2ccccc2-3)CC1.C[Si](C)(C)Oc1ccc2c(c1)C(=O)OC2=O. The molecule has 6 rings (SSSR count). The van der Waals surface area contributed by atoms with Crippen molar-refractivity contribution >= 4 is 32.4 Å². The summed E-state index contributed by atoms with van der Waals surface area (Å²) in [5, 5.41) is 2.80. The Labute approximate surface area is 212 Å². The van der Waals surface area contributed by atoms with Crippen molar-refractivity contribution in [3.05, 3.63) is 87.3 Å². The lowest BCUT2D eigenvalue weighted by Crippen LogP contribution is -2.37.